The van der Waals surface area contributed by atoms with E-state index in [1.165, 1.54) is 24.3 Å². The van der Waals surface area contributed by atoms with Crippen LogP contribution in [0.4, 0.5) is 5.82 Å². The van der Waals surface area contributed by atoms with Gasteiger partial charge in [-0.2, -0.15) is 0 Å². The lowest BCUT2D eigenvalue weighted by atomic mass is 10.2. The predicted molar refractivity (Wildman–Crippen MR) is 122 cm³/mol. The molecule has 0 bridgehead atoms. The molecule has 0 aliphatic heterocycles. The van der Waals surface area contributed by atoms with Crippen molar-refractivity contribution in [3.05, 3.63) is 89.4 Å². The fraction of sp³-hybridized carbons (Fsp3) is 0.0435. The summed E-state index contributed by atoms with van der Waals surface area (Å²) in [7, 11) is -3.96. The summed E-state index contributed by atoms with van der Waals surface area (Å²) in [6, 6.07) is 23.0. The number of fused-ring (bicyclic) bond motifs is 2. The van der Waals surface area contributed by atoms with Crippen LogP contribution in [-0.4, -0.2) is 23.0 Å². The van der Waals surface area contributed by atoms with Gasteiger partial charge in [-0.25, -0.2) is 18.4 Å². The average Bonchev–Trinajstić information content (AvgIpc) is 3.04. The highest BCUT2D eigenvalue weighted by atomic mass is 35.5. The molecule has 0 amide bonds. The van der Waals surface area contributed by atoms with E-state index in [1.54, 1.807) is 10.6 Å². The molecule has 0 fully saturated rings. The molecule has 0 saturated carbocycles. The lowest BCUT2D eigenvalue weighted by Crippen LogP contribution is -2.09. The minimum Gasteiger partial charge on any atom is -0.384 e. The van der Waals surface area contributed by atoms with E-state index in [-0.39, 0.29) is 21.1 Å². The Balaban J connectivity index is 1.82. The molecule has 0 radical (unpaired) electrons. The molecule has 2 aromatic heterocycles. The summed E-state index contributed by atoms with van der Waals surface area (Å²) in [5.74, 6) is 0.101. The van der Waals surface area contributed by atoms with Crippen LogP contribution >= 0.6 is 11.6 Å². The molecule has 0 spiro atoms. The van der Waals surface area contributed by atoms with Crippen LogP contribution in [0.2, 0.25) is 5.02 Å². The second kappa shape index (κ2) is 7.37. The number of sulfone groups is 1. The van der Waals surface area contributed by atoms with Crippen LogP contribution in [0.25, 0.3) is 22.2 Å². The molecular formula is C23H17ClN4O2S. The van der Waals surface area contributed by atoms with Crippen LogP contribution < -0.4 is 5.73 Å². The van der Waals surface area contributed by atoms with E-state index in [0.29, 0.717) is 28.2 Å². The third-order valence-corrected chi connectivity index (χ3v) is 7.21. The summed E-state index contributed by atoms with van der Waals surface area (Å²) in [5, 5.41) is 0.448. The maximum atomic E-state index is 13.6. The third kappa shape index (κ3) is 3.32. The normalized spacial score (nSPS) is 11.9. The van der Waals surface area contributed by atoms with E-state index in [2.05, 4.69) is 4.98 Å². The first-order chi connectivity index (χ1) is 14.9. The zero-order valence-electron chi connectivity index (χ0n) is 16.2. The van der Waals surface area contributed by atoms with Crippen LogP contribution in [0.5, 0.6) is 0 Å². The number of nitrogens with two attached hydrogens (primary N) is 1. The Morgan fingerprint density at radius 2 is 1.45 bits per heavy atom. The molecule has 3 aromatic carbocycles. The van der Waals surface area contributed by atoms with E-state index in [4.69, 9.17) is 22.3 Å². The van der Waals surface area contributed by atoms with Gasteiger partial charge in [-0.3, -0.25) is 0 Å². The van der Waals surface area contributed by atoms with Crippen LogP contribution in [0, 0.1) is 0 Å². The van der Waals surface area contributed by atoms with E-state index in [0.717, 1.165) is 5.56 Å². The monoisotopic (exact) mass is 448 g/mol. The number of hydrogen-bond donors (Lipinski definition) is 1. The lowest BCUT2D eigenvalue weighted by Gasteiger charge is -2.08. The first kappa shape index (κ1) is 19.5. The quantitative estimate of drug-likeness (QED) is 0.430. The average molecular weight is 449 g/mol. The van der Waals surface area contributed by atoms with Crippen LogP contribution in [0.3, 0.4) is 0 Å². The first-order valence-corrected chi connectivity index (χ1v) is 11.4. The molecule has 6 nitrogen and oxygen atoms in total. The van der Waals surface area contributed by atoms with Gasteiger partial charge in [0.25, 0.3) is 0 Å². The molecule has 8 heteroatoms. The number of aromatic nitrogens is 3. The van der Waals surface area contributed by atoms with Crippen molar-refractivity contribution >= 4 is 49.5 Å². The summed E-state index contributed by atoms with van der Waals surface area (Å²) in [5.41, 5.74) is 9.36. The zero-order chi connectivity index (χ0) is 21.6. The van der Waals surface area contributed by atoms with Crippen molar-refractivity contribution in [3.8, 4) is 0 Å². The molecule has 0 atom stereocenters. The van der Waals surface area contributed by atoms with Crippen molar-refractivity contribution in [2.75, 3.05) is 5.73 Å². The molecule has 5 aromatic rings. The molecule has 0 aliphatic carbocycles. The van der Waals surface area contributed by atoms with Crippen molar-refractivity contribution in [2.45, 2.75) is 16.3 Å². The van der Waals surface area contributed by atoms with E-state index < -0.39 is 9.84 Å². The summed E-state index contributed by atoms with van der Waals surface area (Å²) < 4.78 is 28.9. The highest BCUT2D eigenvalue weighted by molar-refractivity contribution is 7.92. The number of halogens is 1. The van der Waals surface area contributed by atoms with Crippen molar-refractivity contribution < 1.29 is 8.42 Å². The van der Waals surface area contributed by atoms with Crippen molar-refractivity contribution in [2.24, 2.45) is 0 Å². The second-order valence-electron chi connectivity index (χ2n) is 7.13. The van der Waals surface area contributed by atoms with Crippen LogP contribution in [-0.2, 0) is 16.4 Å². The maximum absolute atomic E-state index is 13.6. The Hall–Kier alpha value is -3.42. The smallest absolute Gasteiger partial charge is 0.212 e. The van der Waals surface area contributed by atoms with Crippen LogP contribution in [0.15, 0.2) is 88.7 Å². The number of nitrogen functional groups attached to an aromatic ring is 1. The molecule has 5 rings (SSSR count). The topological polar surface area (TPSA) is 90.9 Å². The van der Waals surface area contributed by atoms with Gasteiger partial charge in [0.2, 0.25) is 9.84 Å². The molecule has 2 N–H and O–H groups in total. The maximum Gasteiger partial charge on any atom is 0.212 e. The Morgan fingerprint density at radius 3 is 2.13 bits per heavy atom. The Kier molecular flexibility index (Phi) is 4.64. The van der Waals surface area contributed by atoms with Gasteiger partial charge in [-0.15, -0.1) is 0 Å². The molecular weight excluding hydrogens is 432 g/mol. The van der Waals surface area contributed by atoms with Gasteiger partial charge in [-0.05, 0) is 42.0 Å². The molecule has 2 heterocycles. The highest BCUT2D eigenvalue weighted by Crippen LogP contribution is 2.36. The predicted octanol–water partition coefficient (Wildman–Crippen LogP) is 4.70. The summed E-state index contributed by atoms with van der Waals surface area (Å²) >= 11 is 5.95. The number of hydrogen-bond acceptors (Lipinski definition) is 5. The van der Waals surface area contributed by atoms with Gasteiger partial charge in [0.05, 0.1) is 22.5 Å². The molecule has 154 valence electrons. The van der Waals surface area contributed by atoms with Crippen molar-refractivity contribution in [3.63, 3.8) is 0 Å². The summed E-state index contributed by atoms with van der Waals surface area (Å²) in [6.45, 7) is 0.367. The van der Waals surface area contributed by atoms with Gasteiger partial charge in [0.15, 0.2) is 5.65 Å². The van der Waals surface area contributed by atoms with Crippen molar-refractivity contribution in [1.29, 1.82) is 0 Å². The minimum absolute atomic E-state index is 0.0426. The second-order valence-corrected chi connectivity index (χ2v) is 9.45. The van der Waals surface area contributed by atoms with E-state index in [9.17, 15) is 8.42 Å². The van der Waals surface area contributed by atoms with Crippen molar-refractivity contribution in [1.82, 2.24) is 14.5 Å². The molecule has 0 aliphatic rings. The largest absolute Gasteiger partial charge is 0.384 e. The Bertz CT molecular complexity index is 1530. The van der Waals surface area contributed by atoms with Gasteiger partial charge in [-0.1, -0.05) is 54.1 Å². The Morgan fingerprint density at radius 1 is 0.839 bits per heavy atom. The fourth-order valence-electron chi connectivity index (χ4n) is 3.61. The number of para-hydroxylation sites is 2. The highest BCUT2D eigenvalue weighted by Gasteiger charge is 2.30. The number of benzene rings is 3. The molecule has 0 saturated heterocycles. The van der Waals surface area contributed by atoms with Crippen LogP contribution in [0.1, 0.15) is 5.56 Å². The number of anilines is 1. The Labute approximate surface area is 183 Å². The van der Waals surface area contributed by atoms with E-state index >= 15 is 0 Å². The number of nitrogens with zero attached hydrogens (tertiary/aromatic N) is 3. The third-order valence-electron chi connectivity index (χ3n) is 5.12. The van der Waals surface area contributed by atoms with Gasteiger partial charge >= 0.3 is 0 Å². The van der Waals surface area contributed by atoms with Gasteiger partial charge in [0.1, 0.15) is 16.2 Å². The molecule has 31 heavy (non-hydrogen) atoms. The minimum atomic E-state index is -3.96. The van der Waals surface area contributed by atoms with Gasteiger partial charge in [0, 0.05) is 5.02 Å². The summed E-state index contributed by atoms with van der Waals surface area (Å²) in [4.78, 5) is 9.41. The van der Waals surface area contributed by atoms with E-state index in [1.807, 2.05) is 48.5 Å². The summed E-state index contributed by atoms with van der Waals surface area (Å²) in [6.07, 6.45) is 0. The molecule has 0 unspecified atom stereocenters. The first-order valence-electron chi connectivity index (χ1n) is 9.54. The van der Waals surface area contributed by atoms with Gasteiger partial charge < -0.3 is 10.3 Å². The fourth-order valence-corrected chi connectivity index (χ4v) is 5.24. The number of rotatable bonds is 4. The SMILES string of the molecule is Nc1c(S(=O)(=O)c2ccc(Cl)cc2)c2nc3ccccc3nc2n1Cc1ccccc1. The zero-order valence-corrected chi connectivity index (χ0v) is 17.8. The standard InChI is InChI=1S/C23H17ClN4O2S/c24-16-10-12-17(13-11-16)31(29,30)21-20-23(27-19-9-5-4-8-18(19)26-20)28(22(21)25)14-15-6-2-1-3-7-15/h1-13H,14,25H2. The lowest BCUT2D eigenvalue weighted by molar-refractivity contribution is 0.597.